The molecule has 0 radical (unpaired) electrons. The van der Waals surface area contributed by atoms with Gasteiger partial charge in [-0.05, 0) is 21.8 Å². The maximum atomic E-state index is 12.3. The van der Waals surface area contributed by atoms with E-state index >= 15 is 0 Å². The number of nitrogens with zero attached hydrogens (tertiary/aromatic N) is 1. The highest BCUT2D eigenvalue weighted by molar-refractivity contribution is 9.10. The number of H-pyrrole nitrogens is 1. The lowest BCUT2D eigenvalue weighted by atomic mass is 10.0. The second kappa shape index (κ2) is 6.74. The van der Waals surface area contributed by atoms with Crippen LogP contribution in [0.25, 0.3) is 11.3 Å². The Hall–Kier alpha value is -2.15. The first-order valence-electron chi connectivity index (χ1n) is 6.74. The van der Waals surface area contributed by atoms with Gasteiger partial charge in [-0.2, -0.15) is 5.10 Å². The number of carboxylic acids is 1. The first kappa shape index (κ1) is 16.2. The van der Waals surface area contributed by atoms with Gasteiger partial charge in [0.05, 0.1) is 4.47 Å². The third-order valence-electron chi connectivity index (χ3n) is 3.20. The first-order valence-corrected chi connectivity index (χ1v) is 7.54. The summed E-state index contributed by atoms with van der Waals surface area (Å²) >= 11 is 3.35. The zero-order valence-electron chi connectivity index (χ0n) is 12.1. The van der Waals surface area contributed by atoms with Gasteiger partial charge >= 0.3 is 5.97 Å². The largest absolute Gasteiger partial charge is 0.480 e. The van der Waals surface area contributed by atoms with E-state index in [1.807, 2.05) is 30.3 Å². The van der Waals surface area contributed by atoms with E-state index < -0.39 is 17.9 Å². The topological polar surface area (TPSA) is 95.1 Å². The van der Waals surface area contributed by atoms with E-state index in [0.717, 1.165) is 5.56 Å². The van der Waals surface area contributed by atoms with Crippen molar-refractivity contribution >= 4 is 27.8 Å². The Morgan fingerprint density at radius 3 is 2.45 bits per heavy atom. The predicted octanol–water partition coefficient (Wildman–Crippen LogP) is 2.68. The summed E-state index contributed by atoms with van der Waals surface area (Å²) in [5, 5.41) is 18.4. The van der Waals surface area contributed by atoms with Gasteiger partial charge in [0.1, 0.15) is 17.4 Å². The van der Waals surface area contributed by atoms with Gasteiger partial charge in [-0.25, -0.2) is 4.79 Å². The molecule has 1 atom stereocenters. The molecule has 0 saturated carbocycles. The van der Waals surface area contributed by atoms with Crippen molar-refractivity contribution < 1.29 is 14.7 Å². The standard InChI is InChI=1S/C15H16BrN3O3/c1-8(2)11(15(21)22)17-14(20)13-10(16)12(18-19-13)9-6-4-3-5-7-9/h3-8,11H,1-2H3,(H,17,20)(H,18,19)(H,21,22)/t11-/m1/s1. The Balaban J connectivity index is 2.25. The van der Waals surface area contributed by atoms with Crippen LogP contribution in [0.3, 0.4) is 0 Å². The molecule has 0 aliphatic carbocycles. The molecule has 0 aliphatic rings. The fourth-order valence-corrected chi connectivity index (χ4v) is 2.58. The minimum absolute atomic E-state index is 0.200. The van der Waals surface area contributed by atoms with E-state index in [-0.39, 0.29) is 11.6 Å². The lowest BCUT2D eigenvalue weighted by molar-refractivity contribution is -0.140. The maximum Gasteiger partial charge on any atom is 0.326 e. The Morgan fingerprint density at radius 1 is 1.27 bits per heavy atom. The number of hydrogen-bond acceptors (Lipinski definition) is 3. The number of hydrogen-bond donors (Lipinski definition) is 3. The molecule has 0 aliphatic heterocycles. The van der Waals surface area contributed by atoms with Crippen LogP contribution < -0.4 is 5.32 Å². The predicted molar refractivity (Wildman–Crippen MR) is 85.5 cm³/mol. The number of carbonyl (C=O) groups is 2. The maximum absolute atomic E-state index is 12.3. The van der Waals surface area contributed by atoms with E-state index in [1.54, 1.807) is 13.8 Å². The molecule has 6 nitrogen and oxygen atoms in total. The monoisotopic (exact) mass is 365 g/mol. The summed E-state index contributed by atoms with van der Waals surface area (Å²) < 4.78 is 0.504. The van der Waals surface area contributed by atoms with Crippen molar-refractivity contribution in [2.45, 2.75) is 19.9 Å². The second-order valence-corrected chi connectivity index (χ2v) is 5.95. The third-order valence-corrected chi connectivity index (χ3v) is 3.97. The van der Waals surface area contributed by atoms with E-state index in [4.69, 9.17) is 5.11 Å². The fourth-order valence-electron chi connectivity index (χ4n) is 1.99. The number of amides is 1. The number of aromatic amines is 1. The molecular weight excluding hydrogens is 350 g/mol. The number of carboxylic acid groups (broad SMARTS) is 1. The number of halogens is 1. The van der Waals surface area contributed by atoms with E-state index in [9.17, 15) is 9.59 Å². The summed E-state index contributed by atoms with van der Waals surface area (Å²) in [7, 11) is 0. The van der Waals surface area contributed by atoms with Gasteiger partial charge in [-0.15, -0.1) is 0 Å². The van der Waals surface area contributed by atoms with Crippen LogP contribution in [-0.2, 0) is 4.79 Å². The van der Waals surface area contributed by atoms with E-state index in [1.165, 1.54) is 0 Å². The Kier molecular flexibility index (Phi) is 4.97. The molecule has 1 heterocycles. The normalized spacial score (nSPS) is 12.2. The van der Waals surface area contributed by atoms with Crippen molar-refractivity contribution in [3.8, 4) is 11.3 Å². The van der Waals surface area contributed by atoms with E-state index in [2.05, 4.69) is 31.4 Å². The van der Waals surface area contributed by atoms with Crippen LogP contribution in [0.4, 0.5) is 0 Å². The van der Waals surface area contributed by atoms with Crippen molar-refractivity contribution in [2.24, 2.45) is 5.92 Å². The molecule has 1 amide bonds. The molecule has 116 valence electrons. The molecular formula is C15H16BrN3O3. The van der Waals surface area contributed by atoms with Crippen LogP contribution >= 0.6 is 15.9 Å². The van der Waals surface area contributed by atoms with Gasteiger partial charge in [0.15, 0.2) is 0 Å². The smallest absolute Gasteiger partial charge is 0.326 e. The van der Waals surface area contributed by atoms with Crippen molar-refractivity contribution in [3.05, 3.63) is 40.5 Å². The molecule has 3 N–H and O–H groups in total. The zero-order valence-corrected chi connectivity index (χ0v) is 13.7. The van der Waals surface area contributed by atoms with Crippen molar-refractivity contribution in [2.75, 3.05) is 0 Å². The van der Waals surface area contributed by atoms with Crippen LogP contribution in [-0.4, -0.2) is 33.2 Å². The minimum atomic E-state index is -1.07. The lowest BCUT2D eigenvalue weighted by Crippen LogP contribution is -2.44. The number of carbonyl (C=O) groups excluding carboxylic acids is 1. The molecule has 1 aromatic carbocycles. The quantitative estimate of drug-likeness (QED) is 0.758. The highest BCUT2D eigenvalue weighted by Crippen LogP contribution is 2.28. The summed E-state index contributed by atoms with van der Waals surface area (Å²) in [6.45, 7) is 3.47. The van der Waals surface area contributed by atoms with Gasteiger partial charge in [0.2, 0.25) is 0 Å². The van der Waals surface area contributed by atoms with Gasteiger partial charge < -0.3 is 10.4 Å². The van der Waals surface area contributed by atoms with Gasteiger partial charge in [0, 0.05) is 5.56 Å². The summed E-state index contributed by atoms with van der Waals surface area (Å²) in [6.07, 6.45) is 0. The minimum Gasteiger partial charge on any atom is -0.480 e. The average molecular weight is 366 g/mol. The van der Waals surface area contributed by atoms with E-state index in [0.29, 0.717) is 10.2 Å². The van der Waals surface area contributed by atoms with Gasteiger partial charge in [-0.1, -0.05) is 44.2 Å². The fraction of sp³-hybridized carbons (Fsp3) is 0.267. The number of aromatic nitrogens is 2. The molecule has 0 saturated heterocycles. The molecule has 0 unspecified atom stereocenters. The number of aliphatic carboxylic acids is 1. The molecule has 22 heavy (non-hydrogen) atoms. The molecule has 0 fully saturated rings. The zero-order chi connectivity index (χ0) is 16.3. The second-order valence-electron chi connectivity index (χ2n) is 5.16. The average Bonchev–Trinajstić information content (AvgIpc) is 2.86. The lowest BCUT2D eigenvalue weighted by Gasteiger charge is -2.17. The Labute approximate surface area is 136 Å². The summed E-state index contributed by atoms with van der Waals surface area (Å²) in [4.78, 5) is 23.4. The summed E-state index contributed by atoms with van der Waals surface area (Å²) in [5.41, 5.74) is 1.65. The first-order chi connectivity index (χ1) is 10.4. The molecule has 2 rings (SSSR count). The third kappa shape index (κ3) is 3.36. The number of benzene rings is 1. The molecule has 2 aromatic rings. The highest BCUT2D eigenvalue weighted by Gasteiger charge is 2.26. The van der Waals surface area contributed by atoms with Crippen LogP contribution in [0, 0.1) is 5.92 Å². The molecule has 0 bridgehead atoms. The van der Waals surface area contributed by atoms with Crippen LogP contribution in [0.2, 0.25) is 0 Å². The highest BCUT2D eigenvalue weighted by atomic mass is 79.9. The van der Waals surface area contributed by atoms with Crippen molar-refractivity contribution in [1.82, 2.24) is 15.5 Å². The summed E-state index contributed by atoms with van der Waals surface area (Å²) in [6, 6.07) is 8.42. The molecule has 1 aromatic heterocycles. The number of nitrogens with one attached hydrogen (secondary N) is 2. The van der Waals surface area contributed by atoms with Gasteiger partial charge in [-0.3, -0.25) is 9.89 Å². The SMILES string of the molecule is CC(C)[C@@H](NC(=O)c1[nH]nc(-c2ccccc2)c1Br)C(=O)O. The van der Waals surface area contributed by atoms with Crippen LogP contribution in [0.5, 0.6) is 0 Å². The molecule has 0 spiro atoms. The Bertz CT molecular complexity index is 683. The molecule has 7 heteroatoms. The van der Waals surface area contributed by atoms with Gasteiger partial charge in [0.25, 0.3) is 5.91 Å². The van der Waals surface area contributed by atoms with Crippen LogP contribution in [0.1, 0.15) is 24.3 Å². The van der Waals surface area contributed by atoms with Crippen molar-refractivity contribution in [1.29, 1.82) is 0 Å². The number of rotatable bonds is 5. The Morgan fingerprint density at radius 2 is 1.91 bits per heavy atom. The summed E-state index contributed by atoms with van der Waals surface area (Å²) in [5.74, 6) is -1.80. The van der Waals surface area contributed by atoms with Crippen molar-refractivity contribution in [3.63, 3.8) is 0 Å². The van der Waals surface area contributed by atoms with Crippen LogP contribution in [0.15, 0.2) is 34.8 Å².